The number of carbonyl (C=O) groups is 2. The van der Waals surface area contributed by atoms with Crippen LogP contribution in [0, 0.1) is 0 Å². The van der Waals surface area contributed by atoms with Gasteiger partial charge in [-0.1, -0.05) is 18.2 Å². The summed E-state index contributed by atoms with van der Waals surface area (Å²) in [6.07, 6.45) is 0.248. The van der Waals surface area contributed by atoms with E-state index in [-0.39, 0.29) is 11.9 Å². The number of fused-ring (bicyclic) bond motifs is 1. The quantitative estimate of drug-likeness (QED) is 0.852. The van der Waals surface area contributed by atoms with Gasteiger partial charge in [-0.2, -0.15) is 5.10 Å². The zero-order chi connectivity index (χ0) is 20.1. The molecule has 1 N–H and O–H groups in total. The molecule has 0 saturated heterocycles. The van der Waals surface area contributed by atoms with Gasteiger partial charge < -0.3 is 19.9 Å². The lowest BCUT2D eigenvalue weighted by atomic mass is 10.3. The van der Waals surface area contributed by atoms with Crippen LogP contribution in [0.1, 0.15) is 24.7 Å². The Labute approximate surface area is 165 Å². The van der Waals surface area contributed by atoms with Crippen molar-refractivity contribution in [1.82, 2.24) is 24.9 Å². The molecule has 0 unspecified atom stereocenters. The Morgan fingerprint density at radius 3 is 2.71 bits per heavy atom. The number of ether oxygens (including phenoxy) is 1. The van der Waals surface area contributed by atoms with Gasteiger partial charge in [0.1, 0.15) is 5.75 Å². The van der Waals surface area contributed by atoms with E-state index >= 15 is 0 Å². The average Bonchev–Trinajstić information content (AvgIpc) is 2.96. The highest BCUT2D eigenvalue weighted by molar-refractivity contribution is 5.80. The smallest absolute Gasteiger partial charge is 0.319 e. The second kappa shape index (κ2) is 8.77. The number of urea groups is 1. The van der Waals surface area contributed by atoms with Gasteiger partial charge in [-0.3, -0.25) is 9.48 Å². The predicted molar refractivity (Wildman–Crippen MR) is 105 cm³/mol. The van der Waals surface area contributed by atoms with Gasteiger partial charge in [-0.25, -0.2) is 4.79 Å². The van der Waals surface area contributed by atoms with E-state index in [0.717, 1.165) is 24.4 Å². The van der Waals surface area contributed by atoms with Gasteiger partial charge in [0.05, 0.1) is 24.5 Å². The number of hydrogen-bond donors (Lipinski definition) is 1. The van der Waals surface area contributed by atoms with Crippen LogP contribution in [-0.4, -0.2) is 58.3 Å². The number of carbonyl (C=O) groups excluding carboxylic acids is 2. The van der Waals surface area contributed by atoms with Crippen molar-refractivity contribution in [2.45, 2.75) is 39.1 Å². The molecule has 0 fully saturated rings. The van der Waals surface area contributed by atoms with Crippen molar-refractivity contribution < 1.29 is 14.3 Å². The van der Waals surface area contributed by atoms with E-state index in [0.29, 0.717) is 25.4 Å². The SMILES string of the molecule is C[C@@H](Oc1ccccc1)C(=O)NCc1cc2n(n1)CCCN(C(=O)N(C)C)C2. The number of benzene rings is 1. The minimum atomic E-state index is -0.601. The Kier molecular flexibility index (Phi) is 6.18. The second-order valence-electron chi connectivity index (χ2n) is 7.09. The summed E-state index contributed by atoms with van der Waals surface area (Å²) in [5, 5.41) is 7.44. The minimum Gasteiger partial charge on any atom is -0.481 e. The molecule has 1 aliphatic heterocycles. The largest absolute Gasteiger partial charge is 0.481 e. The van der Waals surface area contributed by atoms with Crippen molar-refractivity contribution in [3.8, 4) is 5.75 Å². The molecule has 2 aromatic rings. The summed E-state index contributed by atoms with van der Waals surface area (Å²) >= 11 is 0. The number of nitrogens with zero attached hydrogens (tertiary/aromatic N) is 4. The van der Waals surface area contributed by atoms with Gasteiger partial charge in [-0.05, 0) is 31.5 Å². The van der Waals surface area contributed by atoms with E-state index in [2.05, 4.69) is 10.4 Å². The van der Waals surface area contributed by atoms with Crippen LogP contribution in [0.3, 0.4) is 0 Å². The van der Waals surface area contributed by atoms with E-state index < -0.39 is 6.10 Å². The molecule has 1 aromatic heterocycles. The fourth-order valence-electron chi connectivity index (χ4n) is 3.13. The number of nitrogens with one attached hydrogen (secondary N) is 1. The summed E-state index contributed by atoms with van der Waals surface area (Å²) in [7, 11) is 3.51. The van der Waals surface area contributed by atoms with Crippen molar-refractivity contribution in [2.75, 3.05) is 20.6 Å². The zero-order valence-electron chi connectivity index (χ0n) is 16.6. The Balaban J connectivity index is 1.57. The van der Waals surface area contributed by atoms with Crippen LogP contribution in [0.5, 0.6) is 5.75 Å². The monoisotopic (exact) mass is 385 g/mol. The van der Waals surface area contributed by atoms with Gasteiger partial charge in [0.25, 0.3) is 5.91 Å². The van der Waals surface area contributed by atoms with Crippen LogP contribution in [0.2, 0.25) is 0 Å². The molecule has 3 rings (SSSR count). The fraction of sp³-hybridized carbons (Fsp3) is 0.450. The van der Waals surface area contributed by atoms with E-state index in [1.807, 2.05) is 46.0 Å². The van der Waals surface area contributed by atoms with E-state index in [1.54, 1.807) is 25.9 Å². The third-order valence-electron chi connectivity index (χ3n) is 4.59. The van der Waals surface area contributed by atoms with Gasteiger partial charge in [-0.15, -0.1) is 0 Å². The van der Waals surface area contributed by atoms with Crippen LogP contribution >= 0.6 is 0 Å². The highest BCUT2D eigenvalue weighted by Crippen LogP contribution is 2.15. The average molecular weight is 385 g/mol. The lowest BCUT2D eigenvalue weighted by molar-refractivity contribution is -0.127. The number of aryl methyl sites for hydroxylation is 1. The topological polar surface area (TPSA) is 79.7 Å². The summed E-state index contributed by atoms with van der Waals surface area (Å²) in [5.74, 6) is 0.459. The van der Waals surface area contributed by atoms with Crippen LogP contribution in [0.4, 0.5) is 4.79 Å². The molecule has 1 aromatic carbocycles. The first-order valence-electron chi connectivity index (χ1n) is 9.45. The number of amides is 3. The lowest BCUT2D eigenvalue weighted by Gasteiger charge is -2.23. The molecule has 1 aliphatic rings. The maximum Gasteiger partial charge on any atom is 0.319 e. The maximum absolute atomic E-state index is 12.3. The molecule has 3 amide bonds. The molecule has 0 saturated carbocycles. The zero-order valence-corrected chi connectivity index (χ0v) is 16.6. The first-order valence-corrected chi connectivity index (χ1v) is 9.45. The van der Waals surface area contributed by atoms with Crippen molar-refractivity contribution in [3.05, 3.63) is 47.8 Å². The first-order chi connectivity index (χ1) is 13.4. The van der Waals surface area contributed by atoms with Crippen molar-refractivity contribution in [1.29, 1.82) is 0 Å². The van der Waals surface area contributed by atoms with Crippen LogP contribution in [0.15, 0.2) is 36.4 Å². The fourth-order valence-corrected chi connectivity index (χ4v) is 3.13. The number of aromatic nitrogens is 2. The number of hydrogen-bond acceptors (Lipinski definition) is 4. The predicted octanol–water partition coefficient (Wildman–Crippen LogP) is 1.85. The summed E-state index contributed by atoms with van der Waals surface area (Å²) in [4.78, 5) is 28.0. The highest BCUT2D eigenvalue weighted by atomic mass is 16.5. The minimum absolute atomic E-state index is 0.00334. The van der Waals surface area contributed by atoms with Crippen LogP contribution in [0.25, 0.3) is 0 Å². The maximum atomic E-state index is 12.3. The Hall–Kier alpha value is -3.03. The van der Waals surface area contributed by atoms with Gasteiger partial charge in [0, 0.05) is 27.2 Å². The van der Waals surface area contributed by atoms with Crippen molar-refractivity contribution in [2.24, 2.45) is 0 Å². The van der Waals surface area contributed by atoms with Crippen LogP contribution in [-0.2, 0) is 24.4 Å². The molecule has 1 atom stereocenters. The van der Waals surface area contributed by atoms with Gasteiger partial charge in [0.15, 0.2) is 6.10 Å². The van der Waals surface area contributed by atoms with Crippen molar-refractivity contribution >= 4 is 11.9 Å². The highest BCUT2D eigenvalue weighted by Gasteiger charge is 2.22. The molecule has 0 spiro atoms. The van der Waals surface area contributed by atoms with E-state index in [1.165, 1.54) is 0 Å². The van der Waals surface area contributed by atoms with Crippen molar-refractivity contribution in [3.63, 3.8) is 0 Å². The number of para-hydroxylation sites is 1. The Bertz CT molecular complexity index is 819. The normalized spacial score (nSPS) is 14.6. The molecule has 0 radical (unpaired) electrons. The molecule has 0 bridgehead atoms. The molecular formula is C20H27N5O3. The molecule has 150 valence electrons. The summed E-state index contributed by atoms with van der Waals surface area (Å²) in [6, 6.07) is 11.2. The summed E-state index contributed by atoms with van der Waals surface area (Å²) in [6.45, 7) is 4.03. The van der Waals surface area contributed by atoms with Crippen LogP contribution < -0.4 is 10.1 Å². The molecule has 8 heteroatoms. The standard InChI is InChI=1S/C20H27N5O3/c1-15(28-18-8-5-4-6-9-18)19(26)21-13-16-12-17-14-24(20(27)23(2)3)10-7-11-25(17)22-16/h4-6,8-9,12,15H,7,10-11,13-14H2,1-3H3,(H,21,26)/t15-/m1/s1. The summed E-state index contributed by atoms with van der Waals surface area (Å²) < 4.78 is 7.56. The third-order valence-corrected chi connectivity index (χ3v) is 4.59. The first kappa shape index (κ1) is 19.7. The Morgan fingerprint density at radius 1 is 1.25 bits per heavy atom. The van der Waals surface area contributed by atoms with E-state index in [9.17, 15) is 9.59 Å². The summed E-state index contributed by atoms with van der Waals surface area (Å²) in [5.41, 5.74) is 1.75. The second-order valence-corrected chi connectivity index (χ2v) is 7.09. The lowest BCUT2D eigenvalue weighted by Crippen LogP contribution is -2.38. The van der Waals surface area contributed by atoms with Gasteiger partial charge in [0.2, 0.25) is 0 Å². The Morgan fingerprint density at radius 2 is 2.00 bits per heavy atom. The molecule has 28 heavy (non-hydrogen) atoms. The molecule has 8 nitrogen and oxygen atoms in total. The number of rotatable bonds is 5. The molecule has 0 aliphatic carbocycles. The third kappa shape index (κ3) is 4.82. The van der Waals surface area contributed by atoms with E-state index in [4.69, 9.17) is 4.74 Å². The molecule has 2 heterocycles. The van der Waals surface area contributed by atoms with Gasteiger partial charge >= 0.3 is 6.03 Å². The molecular weight excluding hydrogens is 358 g/mol.